The number of ether oxygens (including phenoxy) is 1. The van der Waals surface area contributed by atoms with Crippen LogP contribution in [-0.2, 0) is 14.3 Å². The number of fused-ring (bicyclic) bond motifs is 5. The molecule has 3 fully saturated rings. The predicted octanol–water partition coefficient (Wildman–Crippen LogP) is 7.58. The van der Waals surface area contributed by atoms with E-state index >= 15 is 0 Å². The van der Waals surface area contributed by atoms with Gasteiger partial charge in [-0.15, -0.1) is 0 Å². The minimum absolute atomic E-state index is 0.131. The average Bonchev–Trinajstić information content (AvgIpc) is 3.15. The lowest BCUT2D eigenvalue weighted by molar-refractivity contribution is -0.146. The van der Waals surface area contributed by atoms with Gasteiger partial charge in [-0.25, -0.2) is 9.59 Å². The van der Waals surface area contributed by atoms with E-state index in [-0.39, 0.29) is 11.5 Å². The molecule has 4 unspecified atom stereocenters. The van der Waals surface area contributed by atoms with E-state index in [1.54, 1.807) is 0 Å². The number of carboxylic acids is 1. The Morgan fingerprint density at radius 3 is 2.54 bits per heavy atom. The fraction of sp³-hybridized carbons (Fsp3) is 0.806. The van der Waals surface area contributed by atoms with Crippen LogP contribution in [0.5, 0.6) is 0 Å². The molecule has 0 radical (unpaired) electrons. The fourth-order valence-electron chi connectivity index (χ4n) is 9.10. The fourth-order valence-corrected chi connectivity index (χ4v) is 9.10. The van der Waals surface area contributed by atoms with Gasteiger partial charge in [0.25, 0.3) is 0 Å². The molecule has 4 aliphatic rings. The lowest BCUT2D eigenvalue weighted by atomic mass is 9.47. The highest BCUT2D eigenvalue weighted by Crippen LogP contribution is 2.67. The van der Waals surface area contributed by atoms with E-state index in [2.05, 4.69) is 40.7 Å². The van der Waals surface area contributed by atoms with Crippen LogP contribution < -0.4 is 0 Å². The van der Waals surface area contributed by atoms with Crippen molar-refractivity contribution in [1.82, 2.24) is 0 Å². The summed E-state index contributed by atoms with van der Waals surface area (Å²) in [6, 6.07) is 0. The molecule has 4 aliphatic carbocycles. The van der Waals surface area contributed by atoms with Crippen molar-refractivity contribution < 1.29 is 19.4 Å². The molecule has 4 heteroatoms. The van der Waals surface area contributed by atoms with Crippen LogP contribution in [0.4, 0.5) is 0 Å². The molecule has 0 bridgehead atoms. The van der Waals surface area contributed by atoms with Gasteiger partial charge in [0.1, 0.15) is 6.10 Å². The van der Waals surface area contributed by atoms with Crippen molar-refractivity contribution in [1.29, 1.82) is 0 Å². The molecule has 0 aliphatic heterocycles. The molecule has 4 nitrogen and oxygen atoms in total. The van der Waals surface area contributed by atoms with Crippen molar-refractivity contribution in [3.8, 4) is 0 Å². The van der Waals surface area contributed by atoms with E-state index in [0.29, 0.717) is 5.41 Å². The second-order valence-corrected chi connectivity index (χ2v) is 13.3. The number of carbonyl (C=O) groups excluding carboxylic acids is 1. The van der Waals surface area contributed by atoms with Crippen LogP contribution in [0.25, 0.3) is 0 Å². The molecule has 1 N–H and O–H groups in total. The Morgan fingerprint density at radius 1 is 1.06 bits per heavy atom. The summed E-state index contributed by atoms with van der Waals surface area (Å²) in [7, 11) is 0. The first-order valence-electron chi connectivity index (χ1n) is 14.4. The SMILES string of the molecule is CC(C)CCC[C@@H](C)[C@H]1CCC2C3CC=C4CC(OC(=O)C=CC(=O)O)CC[C@]4(C)C3CC[C@@]21C. The zero-order chi connectivity index (χ0) is 25.4. The summed E-state index contributed by atoms with van der Waals surface area (Å²) >= 11 is 0. The molecule has 0 aromatic carbocycles. The Kier molecular flexibility index (Phi) is 7.88. The zero-order valence-electron chi connectivity index (χ0n) is 22.7. The molecule has 0 saturated heterocycles. The van der Waals surface area contributed by atoms with E-state index in [1.807, 2.05) is 0 Å². The van der Waals surface area contributed by atoms with Gasteiger partial charge in [0.05, 0.1) is 0 Å². The van der Waals surface area contributed by atoms with Gasteiger partial charge in [0.2, 0.25) is 0 Å². The summed E-state index contributed by atoms with van der Waals surface area (Å²) < 4.78 is 5.61. The lowest BCUT2D eigenvalue weighted by Gasteiger charge is -2.58. The highest BCUT2D eigenvalue weighted by Gasteiger charge is 2.59. The normalized spacial score (nSPS) is 39.5. The van der Waals surface area contributed by atoms with E-state index in [9.17, 15) is 9.59 Å². The zero-order valence-corrected chi connectivity index (χ0v) is 22.7. The van der Waals surface area contributed by atoms with E-state index < -0.39 is 11.9 Å². The number of hydrogen-bond acceptors (Lipinski definition) is 3. The Bertz CT molecular complexity index is 856. The van der Waals surface area contributed by atoms with Crippen molar-refractivity contribution >= 4 is 11.9 Å². The van der Waals surface area contributed by atoms with E-state index in [4.69, 9.17) is 9.84 Å². The molecule has 0 heterocycles. The van der Waals surface area contributed by atoms with Gasteiger partial charge < -0.3 is 9.84 Å². The maximum absolute atomic E-state index is 12.0. The van der Waals surface area contributed by atoms with E-state index in [0.717, 1.165) is 66.9 Å². The predicted molar refractivity (Wildman–Crippen MR) is 140 cm³/mol. The minimum Gasteiger partial charge on any atom is -0.478 e. The van der Waals surface area contributed by atoms with Crippen LogP contribution in [0.2, 0.25) is 0 Å². The van der Waals surface area contributed by atoms with Crippen molar-refractivity contribution in [2.24, 2.45) is 46.3 Å². The topological polar surface area (TPSA) is 63.6 Å². The van der Waals surface area contributed by atoms with Crippen LogP contribution in [0.15, 0.2) is 23.8 Å². The molecule has 0 aromatic heterocycles. The summed E-state index contributed by atoms with van der Waals surface area (Å²) in [5.74, 6) is 3.27. The summed E-state index contributed by atoms with van der Waals surface area (Å²) in [4.78, 5) is 22.7. The Hall–Kier alpha value is -1.58. The third-order valence-electron chi connectivity index (χ3n) is 10.9. The second-order valence-electron chi connectivity index (χ2n) is 13.3. The molecule has 4 rings (SSSR count). The van der Waals surface area contributed by atoms with Gasteiger partial charge >= 0.3 is 11.9 Å². The van der Waals surface area contributed by atoms with Crippen molar-refractivity contribution in [2.75, 3.05) is 0 Å². The van der Waals surface area contributed by atoms with Gasteiger partial charge in [-0.1, -0.05) is 65.5 Å². The van der Waals surface area contributed by atoms with Crippen molar-refractivity contribution in [3.63, 3.8) is 0 Å². The Labute approximate surface area is 213 Å². The monoisotopic (exact) mass is 484 g/mol. The van der Waals surface area contributed by atoms with Gasteiger partial charge in [-0.2, -0.15) is 0 Å². The number of rotatable bonds is 8. The smallest absolute Gasteiger partial charge is 0.331 e. The van der Waals surface area contributed by atoms with Gasteiger partial charge in [-0.05, 0) is 91.3 Å². The van der Waals surface area contributed by atoms with Crippen LogP contribution in [0.1, 0.15) is 105 Å². The third-order valence-corrected chi connectivity index (χ3v) is 10.9. The largest absolute Gasteiger partial charge is 0.478 e. The number of hydrogen-bond donors (Lipinski definition) is 1. The number of allylic oxidation sites excluding steroid dienone is 1. The molecule has 196 valence electrons. The molecular formula is C31H48O4. The maximum Gasteiger partial charge on any atom is 0.331 e. The molecule has 0 spiro atoms. The molecule has 8 atom stereocenters. The Morgan fingerprint density at radius 2 is 1.83 bits per heavy atom. The van der Waals surface area contributed by atoms with Gasteiger partial charge in [-0.3, -0.25) is 0 Å². The Balaban J connectivity index is 1.42. The van der Waals surface area contributed by atoms with E-state index in [1.165, 1.54) is 56.9 Å². The summed E-state index contributed by atoms with van der Waals surface area (Å²) in [6.45, 7) is 12.4. The first-order valence-corrected chi connectivity index (χ1v) is 14.4. The first-order chi connectivity index (χ1) is 16.5. The summed E-state index contributed by atoms with van der Waals surface area (Å²) in [6.07, 6.45) is 17.9. The van der Waals surface area contributed by atoms with Crippen LogP contribution >= 0.6 is 0 Å². The molecular weight excluding hydrogens is 436 g/mol. The lowest BCUT2D eigenvalue weighted by Crippen LogP contribution is -2.51. The molecule has 0 aromatic rings. The molecule has 35 heavy (non-hydrogen) atoms. The third kappa shape index (κ3) is 5.27. The van der Waals surface area contributed by atoms with Gasteiger partial charge in [0, 0.05) is 18.6 Å². The number of aliphatic carboxylic acids is 1. The first kappa shape index (κ1) is 26.5. The quantitative estimate of drug-likeness (QED) is 0.219. The van der Waals surface area contributed by atoms with Crippen LogP contribution in [0.3, 0.4) is 0 Å². The minimum atomic E-state index is -1.12. The standard InChI is InChI=1S/C31H48O4/c1-20(2)7-6-8-21(3)25-11-12-26-24-10-9-22-19-23(35-29(34)14-13-28(32)33)15-17-30(22,4)27(24)16-18-31(25,26)5/h9,13-14,20-21,23-27H,6-8,10-12,15-19H2,1-5H3,(H,32,33)/t21-,23?,24?,25-,26?,27?,30+,31-/m1/s1. The highest BCUT2D eigenvalue weighted by molar-refractivity contribution is 5.90. The maximum atomic E-state index is 12.0. The summed E-state index contributed by atoms with van der Waals surface area (Å²) in [5, 5.41) is 8.75. The highest BCUT2D eigenvalue weighted by atomic mass is 16.5. The van der Waals surface area contributed by atoms with Crippen molar-refractivity contribution in [2.45, 2.75) is 111 Å². The molecule has 3 saturated carbocycles. The van der Waals surface area contributed by atoms with Crippen LogP contribution in [-0.4, -0.2) is 23.1 Å². The second kappa shape index (κ2) is 10.4. The van der Waals surface area contributed by atoms with Crippen LogP contribution in [0, 0.1) is 46.3 Å². The summed E-state index contributed by atoms with van der Waals surface area (Å²) in [5.41, 5.74) is 2.22. The number of esters is 1. The van der Waals surface area contributed by atoms with Crippen molar-refractivity contribution in [3.05, 3.63) is 23.8 Å². The average molecular weight is 485 g/mol. The molecule has 0 amide bonds. The number of carboxylic acid groups (broad SMARTS) is 1. The number of carbonyl (C=O) groups is 2. The van der Waals surface area contributed by atoms with Gasteiger partial charge in [0.15, 0.2) is 0 Å².